The lowest BCUT2D eigenvalue weighted by Gasteiger charge is -2.32. The van der Waals surface area contributed by atoms with E-state index in [0.717, 1.165) is 25.9 Å². The minimum Gasteiger partial charge on any atom is -0.480 e. The van der Waals surface area contributed by atoms with E-state index in [0.29, 0.717) is 11.6 Å². The Morgan fingerprint density at radius 1 is 1.47 bits per heavy atom. The number of likely N-dealkylation sites (tertiary alicyclic amines) is 1. The number of amides is 1. The summed E-state index contributed by atoms with van der Waals surface area (Å²) in [6, 6.07) is 3.41. The van der Waals surface area contributed by atoms with Crippen LogP contribution in [0.5, 0.6) is 0 Å². The van der Waals surface area contributed by atoms with Crippen LogP contribution in [0.4, 0.5) is 0 Å². The fourth-order valence-electron chi connectivity index (χ4n) is 2.64. The van der Waals surface area contributed by atoms with E-state index in [9.17, 15) is 9.59 Å². The SMILES string of the molecule is CCC1CCCN(C(=O)c2cccn2CC(=O)O)C1. The third kappa shape index (κ3) is 3.16. The van der Waals surface area contributed by atoms with E-state index in [2.05, 4.69) is 6.92 Å². The fourth-order valence-corrected chi connectivity index (χ4v) is 2.64. The van der Waals surface area contributed by atoms with Crippen LogP contribution in [0.1, 0.15) is 36.7 Å². The normalized spacial score (nSPS) is 19.4. The van der Waals surface area contributed by atoms with Crippen LogP contribution >= 0.6 is 0 Å². The summed E-state index contributed by atoms with van der Waals surface area (Å²) in [6.07, 6.45) is 4.93. The lowest BCUT2D eigenvalue weighted by atomic mass is 9.95. The summed E-state index contributed by atoms with van der Waals surface area (Å²) in [7, 11) is 0. The molecular weight excluding hydrogens is 244 g/mol. The van der Waals surface area contributed by atoms with E-state index in [1.54, 1.807) is 18.3 Å². The smallest absolute Gasteiger partial charge is 0.323 e. The monoisotopic (exact) mass is 264 g/mol. The highest BCUT2D eigenvalue weighted by Gasteiger charge is 2.25. The number of carbonyl (C=O) groups is 2. The van der Waals surface area contributed by atoms with Gasteiger partial charge >= 0.3 is 5.97 Å². The number of carboxylic acids is 1. The third-order valence-corrected chi connectivity index (χ3v) is 3.74. The van der Waals surface area contributed by atoms with Crippen LogP contribution in [-0.2, 0) is 11.3 Å². The minimum atomic E-state index is -0.935. The van der Waals surface area contributed by atoms with Gasteiger partial charge in [-0.25, -0.2) is 0 Å². The van der Waals surface area contributed by atoms with Gasteiger partial charge in [0.15, 0.2) is 0 Å². The van der Waals surface area contributed by atoms with E-state index in [-0.39, 0.29) is 12.5 Å². The maximum atomic E-state index is 12.4. The summed E-state index contributed by atoms with van der Waals surface area (Å²) in [5, 5.41) is 8.84. The maximum absolute atomic E-state index is 12.4. The molecule has 0 saturated carbocycles. The number of piperidine rings is 1. The van der Waals surface area contributed by atoms with Crippen molar-refractivity contribution in [3.8, 4) is 0 Å². The molecule has 2 rings (SSSR count). The van der Waals surface area contributed by atoms with Crippen molar-refractivity contribution < 1.29 is 14.7 Å². The molecule has 1 atom stereocenters. The van der Waals surface area contributed by atoms with Gasteiger partial charge in [0.25, 0.3) is 5.91 Å². The molecule has 0 radical (unpaired) electrons. The van der Waals surface area contributed by atoms with Crippen molar-refractivity contribution in [3.63, 3.8) is 0 Å². The zero-order chi connectivity index (χ0) is 13.8. The van der Waals surface area contributed by atoms with E-state index in [1.807, 2.05) is 4.90 Å². The molecule has 1 saturated heterocycles. The lowest BCUT2D eigenvalue weighted by Crippen LogP contribution is -2.40. The average molecular weight is 264 g/mol. The molecule has 1 aromatic heterocycles. The number of carbonyl (C=O) groups excluding carboxylic acids is 1. The Bertz CT molecular complexity index is 467. The second kappa shape index (κ2) is 5.91. The summed E-state index contributed by atoms with van der Waals surface area (Å²) in [6.45, 7) is 3.53. The molecule has 19 heavy (non-hydrogen) atoms. The fraction of sp³-hybridized carbons (Fsp3) is 0.571. The molecule has 104 valence electrons. The van der Waals surface area contributed by atoms with Crippen LogP contribution in [0.3, 0.4) is 0 Å². The Labute approximate surface area is 112 Å². The number of nitrogens with zero attached hydrogens (tertiary/aromatic N) is 2. The molecule has 0 aromatic carbocycles. The van der Waals surface area contributed by atoms with Gasteiger partial charge in [0.05, 0.1) is 0 Å². The van der Waals surface area contributed by atoms with Crippen molar-refractivity contribution in [3.05, 3.63) is 24.0 Å². The number of rotatable bonds is 4. The first kappa shape index (κ1) is 13.6. The van der Waals surface area contributed by atoms with Crippen molar-refractivity contribution >= 4 is 11.9 Å². The predicted octanol–water partition coefficient (Wildman–Crippen LogP) is 1.83. The number of aromatic nitrogens is 1. The largest absolute Gasteiger partial charge is 0.480 e. The topological polar surface area (TPSA) is 62.5 Å². The highest BCUT2D eigenvalue weighted by atomic mass is 16.4. The van der Waals surface area contributed by atoms with E-state index >= 15 is 0 Å². The number of carboxylic acid groups (broad SMARTS) is 1. The summed E-state index contributed by atoms with van der Waals surface area (Å²) in [4.78, 5) is 25.1. The highest BCUT2D eigenvalue weighted by molar-refractivity contribution is 5.93. The van der Waals surface area contributed by atoms with Crippen LogP contribution in [0, 0.1) is 5.92 Å². The van der Waals surface area contributed by atoms with E-state index in [4.69, 9.17) is 5.11 Å². The number of aliphatic carboxylic acids is 1. The molecule has 2 heterocycles. The van der Waals surface area contributed by atoms with Gasteiger partial charge in [-0.1, -0.05) is 13.3 Å². The van der Waals surface area contributed by atoms with Crippen molar-refractivity contribution in [1.82, 2.24) is 9.47 Å². The summed E-state index contributed by atoms with van der Waals surface area (Å²) < 4.78 is 1.50. The Balaban J connectivity index is 2.10. The van der Waals surface area contributed by atoms with Gasteiger partial charge in [-0.05, 0) is 30.9 Å². The van der Waals surface area contributed by atoms with Gasteiger partial charge in [-0.3, -0.25) is 9.59 Å². The minimum absolute atomic E-state index is 0.0515. The lowest BCUT2D eigenvalue weighted by molar-refractivity contribution is -0.137. The molecule has 1 aliphatic rings. The second-order valence-electron chi connectivity index (χ2n) is 5.08. The Kier molecular flexibility index (Phi) is 4.24. The predicted molar refractivity (Wildman–Crippen MR) is 71.0 cm³/mol. The van der Waals surface area contributed by atoms with Gasteiger partial charge in [-0.2, -0.15) is 0 Å². The Morgan fingerprint density at radius 2 is 2.26 bits per heavy atom. The van der Waals surface area contributed by atoms with Gasteiger partial charge in [0, 0.05) is 19.3 Å². The maximum Gasteiger partial charge on any atom is 0.323 e. The van der Waals surface area contributed by atoms with Crippen LogP contribution in [0.15, 0.2) is 18.3 Å². The first-order valence-corrected chi connectivity index (χ1v) is 6.78. The van der Waals surface area contributed by atoms with Gasteiger partial charge < -0.3 is 14.6 Å². The first-order chi connectivity index (χ1) is 9.11. The Morgan fingerprint density at radius 3 is 2.95 bits per heavy atom. The molecule has 1 aromatic rings. The molecule has 1 unspecified atom stereocenters. The highest BCUT2D eigenvalue weighted by Crippen LogP contribution is 2.21. The van der Waals surface area contributed by atoms with Crippen LogP contribution in [0.25, 0.3) is 0 Å². The molecule has 1 fully saturated rings. The molecule has 1 amide bonds. The molecule has 5 nitrogen and oxygen atoms in total. The molecule has 1 aliphatic heterocycles. The van der Waals surface area contributed by atoms with Gasteiger partial charge in [0.2, 0.25) is 0 Å². The Hall–Kier alpha value is -1.78. The van der Waals surface area contributed by atoms with Crippen molar-refractivity contribution in [2.45, 2.75) is 32.7 Å². The quantitative estimate of drug-likeness (QED) is 0.902. The van der Waals surface area contributed by atoms with E-state index in [1.165, 1.54) is 11.0 Å². The second-order valence-corrected chi connectivity index (χ2v) is 5.08. The molecule has 0 bridgehead atoms. The molecule has 5 heteroatoms. The standard InChI is InChI=1S/C14H20N2O3/c1-2-11-5-3-8-16(9-11)14(19)12-6-4-7-15(12)10-13(17)18/h4,6-7,11H,2-3,5,8-10H2,1H3,(H,17,18). The van der Waals surface area contributed by atoms with Gasteiger partial charge in [0.1, 0.15) is 12.2 Å². The van der Waals surface area contributed by atoms with Crippen LogP contribution < -0.4 is 0 Å². The summed E-state index contributed by atoms with van der Waals surface area (Å²) >= 11 is 0. The molecule has 1 N–H and O–H groups in total. The van der Waals surface area contributed by atoms with E-state index < -0.39 is 5.97 Å². The first-order valence-electron chi connectivity index (χ1n) is 6.78. The number of hydrogen-bond donors (Lipinski definition) is 1. The molecule has 0 aliphatic carbocycles. The number of hydrogen-bond acceptors (Lipinski definition) is 2. The zero-order valence-corrected chi connectivity index (χ0v) is 11.2. The summed E-state index contributed by atoms with van der Waals surface area (Å²) in [5.74, 6) is -0.416. The van der Waals surface area contributed by atoms with Crippen molar-refractivity contribution in [2.75, 3.05) is 13.1 Å². The molecular formula is C14H20N2O3. The zero-order valence-electron chi connectivity index (χ0n) is 11.2. The van der Waals surface area contributed by atoms with Crippen molar-refractivity contribution in [1.29, 1.82) is 0 Å². The average Bonchev–Trinajstić information content (AvgIpc) is 2.85. The van der Waals surface area contributed by atoms with Crippen LogP contribution in [-0.4, -0.2) is 39.5 Å². The molecule has 0 spiro atoms. The van der Waals surface area contributed by atoms with Crippen LogP contribution in [0.2, 0.25) is 0 Å². The summed E-state index contributed by atoms with van der Waals surface area (Å²) in [5.41, 5.74) is 0.471. The van der Waals surface area contributed by atoms with Crippen molar-refractivity contribution in [2.24, 2.45) is 5.92 Å². The van der Waals surface area contributed by atoms with Gasteiger partial charge in [-0.15, -0.1) is 0 Å². The third-order valence-electron chi connectivity index (χ3n) is 3.74.